The van der Waals surface area contributed by atoms with Gasteiger partial charge in [0.05, 0.1) is 0 Å². The van der Waals surface area contributed by atoms with Crippen molar-refractivity contribution in [1.82, 2.24) is 0 Å². The molecule has 0 aliphatic heterocycles. The zero-order valence-electron chi connectivity index (χ0n) is 14.8. The number of benzene rings is 1. The third-order valence-corrected chi connectivity index (χ3v) is 4.02. The summed E-state index contributed by atoms with van der Waals surface area (Å²) in [6.07, 6.45) is 6.24. The summed E-state index contributed by atoms with van der Waals surface area (Å²) in [6.45, 7) is 2.23. The second-order valence-electron chi connectivity index (χ2n) is 5.97. The predicted octanol–water partition coefficient (Wildman–Crippen LogP) is 6.16. The van der Waals surface area contributed by atoms with Gasteiger partial charge in [0.2, 0.25) is 0 Å². The third kappa shape index (κ3) is 7.68. The molecule has 0 amide bonds. The summed E-state index contributed by atoms with van der Waals surface area (Å²) < 4.78 is 0. The zero-order valence-corrected chi connectivity index (χ0v) is 15.9. The van der Waals surface area contributed by atoms with Gasteiger partial charge >= 0.3 is 0 Å². The van der Waals surface area contributed by atoms with E-state index in [0.717, 1.165) is 17.5 Å². The molecule has 138 valence electrons. The van der Waals surface area contributed by atoms with E-state index >= 15 is 0 Å². The largest absolute Gasteiger partial charge is 0.748 e. The van der Waals surface area contributed by atoms with Gasteiger partial charge in [-0.05, 0) is 18.4 Å². The average Bonchev–Trinajstić information content (AvgIpc) is 3.35. The van der Waals surface area contributed by atoms with Crippen LogP contribution in [0.3, 0.4) is 0 Å². The fourth-order valence-electron chi connectivity index (χ4n) is 2.59. The molecule has 1 nitrogen and oxygen atoms in total. The van der Waals surface area contributed by atoms with Crippen LogP contribution >= 0.6 is 0 Å². The molecule has 0 fully saturated rings. The number of unbranched alkanes of at least 4 members (excludes halogenated alkanes) is 3. The van der Waals surface area contributed by atoms with Crippen LogP contribution in [0.2, 0.25) is 0 Å². The molecule has 3 rings (SSSR count). The number of aryl methyl sites for hydroxylation is 1. The summed E-state index contributed by atoms with van der Waals surface area (Å²) in [5, 5.41) is 0. The molecular formula is C23H26FeO-6. The Labute approximate surface area is 162 Å². The molecule has 0 saturated carbocycles. The number of hydrogen-bond acceptors (Lipinski definition) is 1. The fourth-order valence-corrected chi connectivity index (χ4v) is 2.59. The molecule has 3 aromatic rings. The molecule has 0 aromatic heterocycles. The van der Waals surface area contributed by atoms with Crippen LogP contribution in [0.4, 0.5) is 0 Å². The molecule has 2 heteroatoms. The van der Waals surface area contributed by atoms with Crippen LogP contribution in [-0.2, 0) is 23.5 Å². The molecule has 0 atom stereocenters. The molecule has 3 aromatic carbocycles. The van der Waals surface area contributed by atoms with Crippen molar-refractivity contribution in [2.45, 2.75) is 39.0 Å². The molecule has 0 spiro atoms. The van der Waals surface area contributed by atoms with E-state index in [4.69, 9.17) is 0 Å². The molecule has 0 unspecified atom stereocenters. The van der Waals surface area contributed by atoms with Gasteiger partial charge in [0.1, 0.15) is 5.78 Å². The van der Waals surface area contributed by atoms with Crippen LogP contribution in [0.15, 0.2) is 78.9 Å². The summed E-state index contributed by atoms with van der Waals surface area (Å²) in [6, 6.07) is 25.6. The SMILES string of the molecule is CCCCCCc1ccc(C(=O)[c-]2cccc2)cc1.[Fe].[cH-]1[cH-][cH-][cH-][cH-]1. The Hall–Kier alpha value is -1.89. The average molecular weight is 374 g/mol. The Bertz CT molecular complexity index is 646. The maximum absolute atomic E-state index is 12.1. The van der Waals surface area contributed by atoms with Crippen LogP contribution in [0.1, 0.15) is 54.1 Å². The molecule has 0 aliphatic rings. The number of carbonyl (C=O) groups is 1. The van der Waals surface area contributed by atoms with Gasteiger partial charge in [-0.15, -0.1) is 12.1 Å². The van der Waals surface area contributed by atoms with E-state index in [1.54, 1.807) is 0 Å². The number of ketones is 1. The Balaban J connectivity index is 0.000000448. The van der Waals surface area contributed by atoms with Crippen molar-refractivity contribution in [3.63, 3.8) is 0 Å². The van der Waals surface area contributed by atoms with Crippen molar-refractivity contribution in [1.29, 1.82) is 0 Å². The minimum Gasteiger partial charge on any atom is -0.748 e. The van der Waals surface area contributed by atoms with Crippen molar-refractivity contribution in [2.24, 2.45) is 0 Å². The van der Waals surface area contributed by atoms with Crippen molar-refractivity contribution >= 4 is 5.78 Å². The first-order valence-electron chi connectivity index (χ1n) is 8.83. The van der Waals surface area contributed by atoms with Crippen molar-refractivity contribution in [3.8, 4) is 0 Å². The zero-order chi connectivity index (χ0) is 17.0. The van der Waals surface area contributed by atoms with Crippen LogP contribution < -0.4 is 0 Å². The van der Waals surface area contributed by atoms with E-state index in [1.165, 1.54) is 31.2 Å². The molecule has 0 radical (unpaired) electrons. The Kier molecular flexibility index (Phi) is 10.6. The quantitative estimate of drug-likeness (QED) is 0.209. The Morgan fingerprint density at radius 2 is 1.44 bits per heavy atom. The van der Waals surface area contributed by atoms with E-state index in [2.05, 4.69) is 19.1 Å². The van der Waals surface area contributed by atoms with Gasteiger partial charge in [-0.2, -0.15) is 12.1 Å². The van der Waals surface area contributed by atoms with Crippen molar-refractivity contribution < 1.29 is 21.9 Å². The Morgan fingerprint density at radius 3 is 1.96 bits per heavy atom. The summed E-state index contributed by atoms with van der Waals surface area (Å²) in [7, 11) is 0. The van der Waals surface area contributed by atoms with E-state index in [0.29, 0.717) is 0 Å². The van der Waals surface area contributed by atoms with E-state index in [9.17, 15) is 4.79 Å². The standard InChI is InChI=1S/C18H21O.C5H5.Fe/c1-2-3-4-5-8-15-11-13-17(14-12-15)18(19)16-9-6-7-10-16;1-2-4-5-3-1;/h6-7,9-14H,2-5,8H2,1H3;1-5H;/q-1;-5;. The minimum atomic E-state index is 0. The topological polar surface area (TPSA) is 17.1 Å². The number of hydrogen-bond donors (Lipinski definition) is 0. The van der Waals surface area contributed by atoms with Gasteiger partial charge in [0.15, 0.2) is 0 Å². The molecule has 0 N–H and O–H groups in total. The molecule has 0 heterocycles. The first-order valence-corrected chi connectivity index (χ1v) is 8.83. The molecular weight excluding hydrogens is 348 g/mol. The number of carbonyl (C=O) groups excluding carboxylic acids is 1. The van der Waals surface area contributed by atoms with Gasteiger partial charge in [-0.3, -0.25) is 0 Å². The second-order valence-corrected chi connectivity index (χ2v) is 5.97. The fraction of sp³-hybridized carbons (Fsp3) is 0.261. The monoisotopic (exact) mass is 374 g/mol. The normalized spacial score (nSPS) is 9.64. The first kappa shape index (κ1) is 21.2. The van der Waals surface area contributed by atoms with Crippen LogP contribution in [-0.4, -0.2) is 5.78 Å². The van der Waals surface area contributed by atoms with E-state index in [-0.39, 0.29) is 22.9 Å². The van der Waals surface area contributed by atoms with Gasteiger partial charge in [0, 0.05) is 17.1 Å². The summed E-state index contributed by atoms with van der Waals surface area (Å²) in [5.74, 6) is 0.113. The maximum atomic E-state index is 12.1. The molecule has 25 heavy (non-hydrogen) atoms. The van der Waals surface area contributed by atoms with Gasteiger partial charge in [0.25, 0.3) is 0 Å². The summed E-state index contributed by atoms with van der Waals surface area (Å²) in [5.41, 5.74) is 2.88. The maximum Gasteiger partial charge on any atom is 0.112 e. The summed E-state index contributed by atoms with van der Waals surface area (Å²) >= 11 is 0. The minimum absolute atomic E-state index is 0. The predicted molar refractivity (Wildman–Crippen MR) is 102 cm³/mol. The molecule has 0 bridgehead atoms. The van der Waals surface area contributed by atoms with Gasteiger partial charge in [-0.1, -0.05) is 61.6 Å². The van der Waals surface area contributed by atoms with E-state index in [1.807, 2.05) is 66.7 Å². The van der Waals surface area contributed by atoms with Gasteiger partial charge in [-0.25, -0.2) is 0 Å². The molecule has 0 saturated heterocycles. The van der Waals surface area contributed by atoms with Gasteiger partial charge < -0.3 is 35.1 Å². The second kappa shape index (κ2) is 12.5. The first-order chi connectivity index (χ1) is 11.8. The van der Waals surface area contributed by atoms with Crippen LogP contribution in [0.5, 0.6) is 0 Å². The molecule has 0 aliphatic carbocycles. The third-order valence-electron chi connectivity index (χ3n) is 4.02. The van der Waals surface area contributed by atoms with E-state index < -0.39 is 0 Å². The van der Waals surface area contributed by atoms with Crippen molar-refractivity contribution in [3.05, 3.63) is 95.6 Å². The van der Waals surface area contributed by atoms with Crippen molar-refractivity contribution in [2.75, 3.05) is 0 Å². The van der Waals surface area contributed by atoms with Crippen LogP contribution in [0, 0.1) is 0 Å². The van der Waals surface area contributed by atoms with Crippen LogP contribution in [0.25, 0.3) is 0 Å². The smallest absolute Gasteiger partial charge is 0.112 e. The summed E-state index contributed by atoms with van der Waals surface area (Å²) in [4.78, 5) is 12.1. The Morgan fingerprint density at radius 1 is 0.880 bits per heavy atom. The number of rotatable bonds is 7.